The van der Waals surface area contributed by atoms with Crippen LogP contribution in [-0.4, -0.2) is 30.5 Å². The largest absolute Gasteiger partial charge is 0.389 e. The molecule has 1 amide bonds. The van der Waals surface area contributed by atoms with Crippen LogP contribution in [0, 0.1) is 0 Å². The van der Waals surface area contributed by atoms with Crippen LogP contribution in [0.25, 0.3) is 0 Å². The molecule has 0 fully saturated rings. The van der Waals surface area contributed by atoms with Gasteiger partial charge in [-0.05, 0) is 6.42 Å². The molecule has 0 aromatic carbocycles. The van der Waals surface area contributed by atoms with Crippen molar-refractivity contribution in [2.45, 2.75) is 13.3 Å². The molecule has 0 saturated carbocycles. The van der Waals surface area contributed by atoms with Gasteiger partial charge >= 0.3 is 0 Å². The fourth-order valence-electron chi connectivity index (χ4n) is 1.93. The second-order valence-electron chi connectivity index (χ2n) is 4.37. The Morgan fingerprint density at radius 3 is 2.75 bits per heavy atom. The Morgan fingerprint density at radius 1 is 1.45 bits per heavy atom. The first kappa shape index (κ1) is 14.2. The van der Waals surface area contributed by atoms with Crippen LogP contribution in [0.15, 0.2) is 12.4 Å². The topological polar surface area (TPSA) is 90.8 Å². The van der Waals surface area contributed by atoms with Crippen molar-refractivity contribution in [1.82, 2.24) is 19.6 Å². The quantitative estimate of drug-likeness (QED) is 0.805. The van der Waals surface area contributed by atoms with Crippen LogP contribution >= 0.6 is 12.2 Å². The van der Waals surface area contributed by atoms with Gasteiger partial charge in [-0.25, -0.2) is 0 Å². The Kier molecular flexibility index (Phi) is 3.84. The van der Waals surface area contributed by atoms with Crippen molar-refractivity contribution in [3.05, 3.63) is 29.2 Å². The molecular weight excluding hydrogens is 276 g/mol. The molecule has 0 aliphatic rings. The summed E-state index contributed by atoms with van der Waals surface area (Å²) in [6.07, 6.45) is 3.89. The van der Waals surface area contributed by atoms with Crippen LogP contribution in [0.4, 0.5) is 5.82 Å². The summed E-state index contributed by atoms with van der Waals surface area (Å²) in [4.78, 5) is 12.5. The first-order valence-electron chi connectivity index (χ1n) is 6.09. The van der Waals surface area contributed by atoms with E-state index in [-0.39, 0.29) is 10.9 Å². The summed E-state index contributed by atoms with van der Waals surface area (Å²) in [6, 6.07) is 0. The summed E-state index contributed by atoms with van der Waals surface area (Å²) < 4.78 is 3.14. The number of hydrogen-bond acceptors (Lipinski definition) is 4. The number of hydrogen-bond donors (Lipinski definition) is 2. The van der Waals surface area contributed by atoms with Gasteiger partial charge < -0.3 is 11.1 Å². The van der Waals surface area contributed by atoms with E-state index in [0.29, 0.717) is 23.4 Å². The first-order chi connectivity index (χ1) is 9.43. The summed E-state index contributed by atoms with van der Waals surface area (Å²) in [5.74, 6) is 0.226. The molecular formula is C12H16N6OS. The summed E-state index contributed by atoms with van der Waals surface area (Å²) in [5, 5.41) is 11.1. The van der Waals surface area contributed by atoms with Crippen LogP contribution < -0.4 is 11.1 Å². The van der Waals surface area contributed by atoms with Crippen LogP contribution in [0.1, 0.15) is 28.5 Å². The zero-order valence-corrected chi connectivity index (χ0v) is 12.4. The van der Waals surface area contributed by atoms with E-state index in [4.69, 9.17) is 18.0 Å². The highest BCUT2D eigenvalue weighted by molar-refractivity contribution is 7.80. The number of rotatable bonds is 4. The standard InChI is InChI=1S/C12H16N6OS/c1-4-9-8(6-17(2)16-9)12(19)15-11-7(10(13)20)5-14-18(11)3/h5-6H,4H2,1-3H3,(H2,13,20)(H,15,19). The number of aromatic nitrogens is 4. The Hall–Kier alpha value is -2.22. The maximum Gasteiger partial charge on any atom is 0.260 e. The number of thiocarbonyl (C=S) groups is 1. The third kappa shape index (κ3) is 2.55. The minimum atomic E-state index is -0.254. The van der Waals surface area contributed by atoms with Crippen LogP contribution in [0.3, 0.4) is 0 Å². The predicted molar refractivity (Wildman–Crippen MR) is 79.6 cm³/mol. The lowest BCUT2D eigenvalue weighted by atomic mass is 10.2. The van der Waals surface area contributed by atoms with E-state index in [0.717, 1.165) is 5.69 Å². The number of carbonyl (C=O) groups is 1. The Bertz CT molecular complexity index is 672. The molecule has 2 aromatic rings. The predicted octanol–water partition coefficient (Wildman–Crippen LogP) is 0.603. The zero-order chi connectivity index (χ0) is 14.9. The van der Waals surface area contributed by atoms with Gasteiger partial charge in [-0.15, -0.1) is 0 Å². The zero-order valence-electron chi connectivity index (χ0n) is 11.5. The number of nitrogens with two attached hydrogens (primary N) is 1. The van der Waals surface area contributed by atoms with Crippen LogP contribution in [-0.2, 0) is 20.5 Å². The molecule has 0 aliphatic heterocycles. The molecule has 0 radical (unpaired) electrons. The molecule has 0 saturated heterocycles. The number of nitrogens with zero attached hydrogens (tertiary/aromatic N) is 4. The highest BCUT2D eigenvalue weighted by Gasteiger charge is 2.18. The number of nitrogens with one attached hydrogen (secondary N) is 1. The number of carbonyl (C=O) groups excluding carboxylic acids is 1. The number of amides is 1. The monoisotopic (exact) mass is 292 g/mol. The molecule has 0 spiro atoms. The lowest BCUT2D eigenvalue weighted by Crippen LogP contribution is -2.19. The molecule has 7 nitrogen and oxygen atoms in total. The Balaban J connectivity index is 2.32. The summed E-state index contributed by atoms with van der Waals surface area (Å²) in [6.45, 7) is 1.95. The summed E-state index contributed by atoms with van der Waals surface area (Å²) in [5.41, 5.74) is 7.42. The van der Waals surface area contributed by atoms with Crippen molar-refractivity contribution in [3.63, 3.8) is 0 Å². The second-order valence-corrected chi connectivity index (χ2v) is 4.81. The van der Waals surface area contributed by atoms with Gasteiger partial charge in [0, 0.05) is 20.3 Å². The van der Waals surface area contributed by atoms with Gasteiger partial charge in [-0.2, -0.15) is 10.2 Å². The second kappa shape index (κ2) is 5.41. The van der Waals surface area contributed by atoms with Crippen molar-refractivity contribution in [2.24, 2.45) is 19.8 Å². The van der Waals surface area contributed by atoms with E-state index in [1.165, 1.54) is 10.9 Å². The van der Waals surface area contributed by atoms with Crippen molar-refractivity contribution < 1.29 is 4.79 Å². The van der Waals surface area contributed by atoms with Gasteiger partial charge in [-0.3, -0.25) is 14.2 Å². The third-order valence-corrected chi connectivity index (χ3v) is 3.14. The smallest absolute Gasteiger partial charge is 0.260 e. The molecule has 0 aliphatic carbocycles. The average Bonchev–Trinajstić information content (AvgIpc) is 2.93. The van der Waals surface area contributed by atoms with E-state index in [1.54, 1.807) is 25.0 Å². The lowest BCUT2D eigenvalue weighted by Gasteiger charge is -2.07. The molecule has 8 heteroatoms. The van der Waals surface area contributed by atoms with E-state index >= 15 is 0 Å². The number of aryl methyl sites for hydroxylation is 3. The normalized spacial score (nSPS) is 10.6. The van der Waals surface area contributed by atoms with Gasteiger partial charge in [0.1, 0.15) is 10.8 Å². The van der Waals surface area contributed by atoms with E-state index in [9.17, 15) is 4.79 Å². The highest BCUT2D eigenvalue weighted by atomic mass is 32.1. The Morgan fingerprint density at radius 2 is 2.15 bits per heavy atom. The molecule has 20 heavy (non-hydrogen) atoms. The molecule has 2 rings (SSSR count). The SMILES string of the molecule is CCc1nn(C)cc1C(=O)Nc1c(C(N)=S)cnn1C. The maximum absolute atomic E-state index is 12.3. The van der Waals surface area contributed by atoms with Crippen molar-refractivity contribution >= 4 is 28.9 Å². The van der Waals surface area contributed by atoms with Crippen LogP contribution in [0.5, 0.6) is 0 Å². The highest BCUT2D eigenvalue weighted by Crippen LogP contribution is 2.16. The molecule has 2 aromatic heterocycles. The molecule has 2 heterocycles. The molecule has 0 atom stereocenters. The fraction of sp³-hybridized carbons (Fsp3) is 0.333. The Labute approximate surface area is 121 Å². The van der Waals surface area contributed by atoms with Gasteiger partial charge in [0.15, 0.2) is 0 Å². The van der Waals surface area contributed by atoms with Gasteiger partial charge in [0.25, 0.3) is 5.91 Å². The van der Waals surface area contributed by atoms with Crippen molar-refractivity contribution in [2.75, 3.05) is 5.32 Å². The number of anilines is 1. The van der Waals surface area contributed by atoms with Crippen molar-refractivity contribution in [1.29, 1.82) is 0 Å². The van der Waals surface area contributed by atoms with Gasteiger partial charge in [0.05, 0.1) is 23.0 Å². The molecule has 0 unspecified atom stereocenters. The summed E-state index contributed by atoms with van der Waals surface area (Å²) in [7, 11) is 3.49. The maximum atomic E-state index is 12.3. The first-order valence-corrected chi connectivity index (χ1v) is 6.50. The van der Waals surface area contributed by atoms with E-state index in [2.05, 4.69) is 15.5 Å². The minimum Gasteiger partial charge on any atom is -0.389 e. The third-order valence-electron chi connectivity index (χ3n) is 2.92. The fourth-order valence-corrected chi connectivity index (χ4v) is 2.08. The average molecular weight is 292 g/mol. The van der Waals surface area contributed by atoms with Gasteiger partial charge in [0.2, 0.25) is 0 Å². The lowest BCUT2D eigenvalue weighted by molar-refractivity contribution is 0.102. The minimum absolute atomic E-state index is 0.190. The van der Waals surface area contributed by atoms with E-state index in [1.807, 2.05) is 6.92 Å². The molecule has 0 bridgehead atoms. The van der Waals surface area contributed by atoms with Gasteiger partial charge in [-0.1, -0.05) is 19.1 Å². The summed E-state index contributed by atoms with van der Waals surface area (Å²) >= 11 is 4.94. The van der Waals surface area contributed by atoms with Crippen LogP contribution in [0.2, 0.25) is 0 Å². The van der Waals surface area contributed by atoms with Crippen molar-refractivity contribution in [3.8, 4) is 0 Å². The molecule has 3 N–H and O–H groups in total. The molecule has 106 valence electrons. The van der Waals surface area contributed by atoms with E-state index < -0.39 is 0 Å².